The van der Waals surface area contributed by atoms with Crippen LogP contribution in [0.25, 0.3) is 0 Å². The van der Waals surface area contributed by atoms with E-state index in [4.69, 9.17) is 0 Å². The first-order valence-electron chi connectivity index (χ1n) is 3.72. The summed E-state index contributed by atoms with van der Waals surface area (Å²) >= 11 is 6.25. The number of Topliss-reactive ketones (excluding diaryl/α,β-unsaturated/α-hetero) is 1. The molecule has 0 amide bonds. The number of hydrogen-bond acceptors (Lipinski definition) is 1. The second-order valence-corrected chi connectivity index (χ2v) is 4.33. The summed E-state index contributed by atoms with van der Waals surface area (Å²) in [5, 5.41) is 0. The van der Waals surface area contributed by atoms with Crippen LogP contribution in [0.1, 0.15) is 29.3 Å². The molecule has 0 aliphatic carbocycles. The van der Waals surface area contributed by atoms with Crippen molar-refractivity contribution in [2.45, 2.75) is 13.3 Å². The van der Waals surface area contributed by atoms with Gasteiger partial charge in [-0.25, -0.2) is 8.78 Å². The molecule has 1 rings (SSSR count). The van der Waals surface area contributed by atoms with Gasteiger partial charge < -0.3 is 0 Å². The molecule has 0 aliphatic heterocycles. The molecule has 0 atom stereocenters. The lowest BCUT2D eigenvalue weighted by Crippen LogP contribution is -2.01. The average Bonchev–Trinajstić information content (AvgIpc) is 2.08. The number of rotatable bonds is 2. The predicted octanol–water partition coefficient (Wildman–Crippen LogP) is 4.35. The maximum Gasteiger partial charge on any atom is 0.264 e. The lowest BCUT2D eigenvalue weighted by atomic mass is 10.1. The van der Waals surface area contributed by atoms with Gasteiger partial charge in [0.05, 0.1) is 0 Å². The van der Waals surface area contributed by atoms with Crippen LogP contribution in [0.2, 0.25) is 0 Å². The molecule has 0 radical (unpaired) electrons. The molecule has 0 spiro atoms. The van der Waals surface area contributed by atoms with Gasteiger partial charge in [-0.05, 0) is 44.8 Å². The van der Waals surface area contributed by atoms with Crippen molar-refractivity contribution in [3.8, 4) is 0 Å². The topological polar surface area (TPSA) is 17.1 Å². The first kappa shape index (κ1) is 11.8. The Kier molecular flexibility index (Phi) is 3.78. The van der Waals surface area contributed by atoms with Gasteiger partial charge in [0.2, 0.25) is 0 Å². The monoisotopic (exact) mass is 326 g/mol. The summed E-state index contributed by atoms with van der Waals surface area (Å²) in [6, 6.07) is 2.73. The van der Waals surface area contributed by atoms with Crippen molar-refractivity contribution in [1.82, 2.24) is 0 Å². The van der Waals surface area contributed by atoms with Crippen LogP contribution in [-0.2, 0) is 0 Å². The van der Waals surface area contributed by atoms with Crippen LogP contribution in [0.15, 0.2) is 21.1 Å². The summed E-state index contributed by atoms with van der Waals surface area (Å²) in [7, 11) is 0. The van der Waals surface area contributed by atoms with E-state index in [1.807, 2.05) is 0 Å². The lowest BCUT2D eigenvalue weighted by Gasteiger charge is -2.09. The summed E-state index contributed by atoms with van der Waals surface area (Å²) < 4.78 is 26.0. The van der Waals surface area contributed by atoms with Gasteiger partial charge in [0, 0.05) is 20.1 Å². The Balaban J connectivity index is 3.45. The van der Waals surface area contributed by atoms with Crippen LogP contribution < -0.4 is 0 Å². The number of hydrogen-bond donors (Lipinski definition) is 0. The Morgan fingerprint density at radius 1 is 1.36 bits per heavy atom. The molecule has 0 saturated carbocycles. The van der Waals surface area contributed by atoms with Gasteiger partial charge in [-0.1, -0.05) is 6.07 Å². The van der Waals surface area contributed by atoms with Gasteiger partial charge in [0.1, 0.15) is 0 Å². The zero-order chi connectivity index (χ0) is 10.9. The average molecular weight is 328 g/mol. The van der Waals surface area contributed by atoms with Crippen LogP contribution in [0.4, 0.5) is 8.78 Å². The van der Waals surface area contributed by atoms with E-state index in [9.17, 15) is 13.6 Å². The maximum atomic E-state index is 12.5. The van der Waals surface area contributed by atoms with Gasteiger partial charge in [-0.15, -0.1) is 0 Å². The van der Waals surface area contributed by atoms with Crippen LogP contribution in [0.3, 0.4) is 0 Å². The lowest BCUT2D eigenvalue weighted by molar-refractivity contribution is 0.0998. The zero-order valence-electron chi connectivity index (χ0n) is 7.15. The van der Waals surface area contributed by atoms with E-state index in [0.717, 1.165) is 0 Å². The minimum Gasteiger partial charge on any atom is -0.294 e. The second-order valence-electron chi connectivity index (χ2n) is 2.68. The third kappa shape index (κ3) is 2.20. The number of alkyl halides is 2. The van der Waals surface area contributed by atoms with Gasteiger partial charge in [-0.2, -0.15) is 0 Å². The third-order valence-electron chi connectivity index (χ3n) is 1.71. The molecule has 1 aromatic rings. The number of benzene rings is 1. The number of ketones is 1. The summed E-state index contributed by atoms with van der Waals surface area (Å²) in [5.74, 6) is -0.381. The number of halogens is 4. The van der Waals surface area contributed by atoms with E-state index in [1.165, 1.54) is 19.1 Å². The summed E-state index contributed by atoms with van der Waals surface area (Å²) in [5.41, 5.74) is -0.207. The molecule has 76 valence electrons. The molecule has 0 unspecified atom stereocenters. The van der Waals surface area contributed by atoms with Crippen molar-refractivity contribution in [2.75, 3.05) is 0 Å². The largest absolute Gasteiger partial charge is 0.294 e. The molecule has 0 bridgehead atoms. The molecule has 5 heteroatoms. The fraction of sp³-hybridized carbons (Fsp3) is 0.222. The molecular formula is C9H6Br2F2O. The minimum atomic E-state index is -2.64. The molecular weight excluding hydrogens is 322 g/mol. The second kappa shape index (κ2) is 4.49. The highest BCUT2D eigenvalue weighted by atomic mass is 79.9. The molecule has 0 aromatic heterocycles. The van der Waals surface area contributed by atoms with Crippen molar-refractivity contribution in [1.29, 1.82) is 0 Å². The van der Waals surface area contributed by atoms with Crippen molar-refractivity contribution in [3.05, 3.63) is 32.2 Å². The van der Waals surface area contributed by atoms with Crippen molar-refractivity contribution in [3.63, 3.8) is 0 Å². The van der Waals surface area contributed by atoms with E-state index < -0.39 is 6.43 Å². The first-order valence-corrected chi connectivity index (χ1v) is 5.30. The Labute approximate surface area is 96.8 Å². The SMILES string of the molecule is CC(=O)c1c(C(F)F)ccc(Br)c1Br. The van der Waals surface area contributed by atoms with Crippen LogP contribution >= 0.6 is 31.9 Å². The molecule has 14 heavy (non-hydrogen) atoms. The van der Waals surface area contributed by atoms with E-state index >= 15 is 0 Å². The molecule has 0 saturated heterocycles. The molecule has 0 fully saturated rings. The smallest absolute Gasteiger partial charge is 0.264 e. The Morgan fingerprint density at radius 2 is 1.93 bits per heavy atom. The standard InChI is InChI=1S/C9H6Br2F2O/c1-4(14)7-5(9(12)13)2-3-6(10)8(7)11/h2-3,9H,1H3. The first-order chi connectivity index (χ1) is 6.45. The van der Waals surface area contributed by atoms with E-state index in [1.54, 1.807) is 0 Å². The quantitative estimate of drug-likeness (QED) is 0.738. The van der Waals surface area contributed by atoms with Crippen LogP contribution in [-0.4, -0.2) is 5.78 Å². The van der Waals surface area contributed by atoms with Crippen molar-refractivity contribution in [2.24, 2.45) is 0 Å². The molecule has 1 nitrogen and oxygen atoms in total. The third-order valence-corrected chi connectivity index (χ3v) is 3.73. The Hall–Kier alpha value is -0.290. The Bertz CT molecular complexity index is 377. The van der Waals surface area contributed by atoms with Gasteiger partial charge in [0.15, 0.2) is 5.78 Å². The molecule has 0 aliphatic rings. The Morgan fingerprint density at radius 3 is 2.36 bits per heavy atom. The van der Waals surface area contributed by atoms with E-state index in [-0.39, 0.29) is 16.9 Å². The highest BCUT2D eigenvalue weighted by Crippen LogP contribution is 2.34. The highest BCUT2D eigenvalue weighted by molar-refractivity contribution is 9.13. The fourth-order valence-electron chi connectivity index (χ4n) is 1.11. The molecule has 1 aromatic carbocycles. The summed E-state index contributed by atoms with van der Waals surface area (Å²) in [6.07, 6.45) is -2.64. The van der Waals surface area contributed by atoms with E-state index in [0.29, 0.717) is 8.95 Å². The fourth-order valence-corrected chi connectivity index (χ4v) is 2.08. The maximum absolute atomic E-state index is 12.5. The van der Waals surface area contributed by atoms with Crippen molar-refractivity contribution < 1.29 is 13.6 Å². The highest BCUT2D eigenvalue weighted by Gasteiger charge is 2.19. The predicted molar refractivity (Wildman–Crippen MR) is 56.8 cm³/mol. The summed E-state index contributed by atoms with van der Waals surface area (Å²) in [4.78, 5) is 11.2. The van der Waals surface area contributed by atoms with Gasteiger partial charge in [-0.3, -0.25) is 4.79 Å². The summed E-state index contributed by atoms with van der Waals surface area (Å²) in [6.45, 7) is 1.26. The van der Waals surface area contributed by atoms with E-state index in [2.05, 4.69) is 31.9 Å². The number of carbonyl (C=O) groups excluding carboxylic acids is 1. The number of carbonyl (C=O) groups is 1. The van der Waals surface area contributed by atoms with Crippen LogP contribution in [0, 0.1) is 0 Å². The molecule has 0 heterocycles. The van der Waals surface area contributed by atoms with Gasteiger partial charge >= 0.3 is 0 Å². The normalized spacial score (nSPS) is 10.7. The van der Waals surface area contributed by atoms with Crippen LogP contribution in [0.5, 0.6) is 0 Å². The van der Waals surface area contributed by atoms with Gasteiger partial charge in [0.25, 0.3) is 6.43 Å². The zero-order valence-corrected chi connectivity index (χ0v) is 10.3. The van der Waals surface area contributed by atoms with Crippen molar-refractivity contribution >= 4 is 37.6 Å². The minimum absolute atomic E-state index is 0.0365. The molecule has 0 N–H and O–H groups in total.